The summed E-state index contributed by atoms with van der Waals surface area (Å²) < 4.78 is 21.1. The highest BCUT2D eigenvalue weighted by molar-refractivity contribution is 5.98. The Hall–Kier alpha value is -3.64. The number of hydrogen-bond donors (Lipinski definition) is 2. The fourth-order valence-corrected chi connectivity index (χ4v) is 4.05. The minimum absolute atomic E-state index is 0.209. The molecule has 0 fully saturated rings. The number of rotatable bonds is 9. The van der Waals surface area contributed by atoms with E-state index >= 15 is 0 Å². The number of aromatic carboxylic acids is 1. The summed E-state index contributed by atoms with van der Waals surface area (Å²) in [5.74, 6) is -0.538. The maximum absolute atomic E-state index is 13.7. The Morgan fingerprint density at radius 1 is 1.03 bits per heavy atom. The van der Waals surface area contributed by atoms with Crippen molar-refractivity contribution < 1.29 is 19.0 Å². The van der Waals surface area contributed by atoms with Gasteiger partial charge in [-0.05, 0) is 36.8 Å². The third-order valence-corrected chi connectivity index (χ3v) is 5.40. The van der Waals surface area contributed by atoms with E-state index in [0.717, 1.165) is 22.2 Å². The van der Waals surface area contributed by atoms with E-state index in [4.69, 9.17) is 4.74 Å². The normalized spacial score (nSPS) is 11.1. The van der Waals surface area contributed by atoms with Gasteiger partial charge in [0.15, 0.2) is 0 Å². The maximum atomic E-state index is 13.7. The van der Waals surface area contributed by atoms with Gasteiger partial charge in [0.25, 0.3) is 0 Å². The first-order chi connectivity index (χ1) is 15.6. The van der Waals surface area contributed by atoms with E-state index in [1.165, 1.54) is 12.1 Å². The Morgan fingerprint density at radius 3 is 2.59 bits per heavy atom. The number of carbonyl (C=O) groups is 1. The lowest BCUT2D eigenvalue weighted by Crippen LogP contribution is -2.17. The van der Waals surface area contributed by atoms with Crippen molar-refractivity contribution in [1.82, 2.24) is 9.88 Å². The van der Waals surface area contributed by atoms with Gasteiger partial charge in [-0.25, -0.2) is 9.18 Å². The molecule has 0 aliphatic carbocycles. The van der Waals surface area contributed by atoms with Crippen molar-refractivity contribution in [2.45, 2.75) is 26.6 Å². The summed E-state index contributed by atoms with van der Waals surface area (Å²) in [5, 5.41) is 14.3. The summed E-state index contributed by atoms with van der Waals surface area (Å²) in [4.78, 5) is 12.3. The Bertz CT molecular complexity index is 1250. The van der Waals surface area contributed by atoms with Crippen molar-refractivity contribution in [2.24, 2.45) is 0 Å². The van der Waals surface area contributed by atoms with E-state index in [1.54, 1.807) is 16.7 Å². The predicted molar refractivity (Wildman–Crippen MR) is 123 cm³/mol. The third-order valence-electron chi connectivity index (χ3n) is 5.40. The quantitative estimate of drug-likeness (QED) is 0.381. The second kappa shape index (κ2) is 9.66. The average Bonchev–Trinajstić information content (AvgIpc) is 3.09. The van der Waals surface area contributed by atoms with Crippen LogP contribution in [0.2, 0.25) is 0 Å². The van der Waals surface area contributed by atoms with Crippen LogP contribution in [0.3, 0.4) is 0 Å². The van der Waals surface area contributed by atoms with Crippen LogP contribution < -0.4 is 10.1 Å². The number of ether oxygens (including phenoxy) is 1. The summed E-state index contributed by atoms with van der Waals surface area (Å²) in [7, 11) is 0. The van der Waals surface area contributed by atoms with Gasteiger partial charge in [0, 0.05) is 41.7 Å². The first kappa shape index (κ1) is 21.6. The number of nitrogens with one attached hydrogen (secondary N) is 1. The number of hydrogen-bond acceptors (Lipinski definition) is 3. The van der Waals surface area contributed by atoms with Gasteiger partial charge < -0.3 is 19.7 Å². The molecule has 5 nitrogen and oxygen atoms in total. The van der Waals surface area contributed by atoms with Crippen LogP contribution in [0.5, 0.6) is 5.75 Å². The first-order valence-electron chi connectivity index (χ1n) is 10.6. The van der Waals surface area contributed by atoms with E-state index in [0.29, 0.717) is 30.8 Å². The number of nitrogens with zero attached hydrogens (tertiary/aromatic N) is 1. The third kappa shape index (κ3) is 4.50. The van der Waals surface area contributed by atoms with Gasteiger partial charge in [-0.15, -0.1) is 0 Å². The second-order valence-corrected chi connectivity index (χ2v) is 7.51. The lowest BCUT2D eigenvalue weighted by molar-refractivity contribution is 0.0684. The molecule has 6 heteroatoms. The smallest absolute Gasteiger partial charge is 0.352 e. The molecule has 0 aliphatic rings. The number of fused-ring (bicyclic) bond motifs is 1. The lowest BCUT2D eigenvalue weighted by Gasteiger charge is -2.12. The molecule has 0 unspecified atom stereocenters. The van der Waals surface area contributed by atoms with Crippen LogP contribution >= 0.6 is 0 Å². The minimum Gasteiger partial charge on any atom is -0.494 e. The Kier molecular flexibility index (Phi) is 6.52. The molecule has 0 radical (unpaired) electrons. The van der Waals surface area contributed by atoms with E-state index in [1.807, 2.05) is 55.5 Å². The number of benzene rings is 3. The minimum atomic E-state index is -1.01. The zero-order chi connectivity index (χ0) is 22.5. The van der Waals surface area contributed by atoms with E-state index in [9.17, 15) is 14.3 Å². The number of halogens is 1. The molecule has 32 heavy (non-hydrogen) atoms. The summed E-state index contributed by atoms with van der Waals surface area (Å²) in [6.07, 6.45) is 0. The molecule has 0 saturated heterocycles. The monoisotopic (exact) mass is 432 g/mol. The van der Waals surface area contributed by atoms with E-state index in [2.05, 4.69) is 5.32 Å². The van der Waals surface area contributed by atoms with Crippen molar-refractivity contribution in [2.75, 3.05) is 6.61 Å². The predicted octanol–water partition coefficient (Wildman–Crippen LogP) is 5.22. The lowest BCUT2D eigenvalue weighted by atomic mass is 10.1. The molecule has 3 aromatic carbocycles. The highest BCUT2D eigenvalue weighted by Crippen LogP contribution is 2.28. The molecule has 0 saturated carbocycles. The van der Waals surface area contributed by atoms with Crippen LogP contribution in [0.1, 0.15) is 34.1 Å². The Balaban J connectivity index is 1.67. The summed E-state index contributed by atoms with van der Waals surface area (Å²) >= 11 is 0. The van der Waals surface area contributed by atoms with Crippen LogP contribution in [-0.4, -0.2) is 22.2 Å². The number of carboxylic acids is 1. The van der Waals surface area contributed by atoms with E-state index in [-0.39, 0.29) is 18.1 Å². The SMILES string of the molecule is CCOc1ccccc1CNCc1c(C(=O)O)n(Cc2cccc(F)c2)c2ccccc12. The summed E-state index contributed by atoms with van der Waals surface area (Å²) in [6.45, 7) is 3.70. The van der Waals surface area contributed by atoms with Gasteiger partial charge in [0.2, 0.25) is 0 Å². The van der Waals surface area contributed by atoms with Gasteiger partial charge in [-0.2, -0.15) is 0 Å². The highest BCUT2D eigenvalue weighted by Gasteiger charge is 2.22. The van der Waals surface area contributed by atoms with Gasteiger partial charge in [-0.1, -0.05) is 48.5 Å². The Labute approximate surface area is 186 Å². The van der Waals surface area contributed by atoms with E-state index < -0.39 is 5.97 Å². The molecule has 0 atom stereocenters. The molecule has 0 amide bonds. The van der Waals surface area contributed by atoms with Crippen molar-refractivity contribution >= 4 is 16.9 Å². The fourth-order valence-electron chi connectivity index (χ4n) is 4.05. The largest absolute Gasteiger partial charge is 0.494 e. The van der Waals surface area contributed by atoms with Crippen LogP contribution in [0.15, 0.2) is 72.8 Å². The number of para-hydroxylation sites is 2. The highest BCUT2D eigenvalue weighted by atomic mass is 19.1. The van der Waals surface area contributed by atoms with Crippen molar-refractivity contribution in [1.29, 1.82) is 0 Å². The van der Waals surface area contributed by atoms with Gasteiger partial charge >= 0.3 is 5.97 Å². The van der Waals surface area contributed by atoms with Crippen LogP contribution in [0.25, 0.3) is 10.9 Å². The maximum Gasteiger partial charge on any atom is 0.352 e. The van der Waals surface area contributed by atoms with Crippen LogP contribution in [0, 0.1) is 5.82 Å². The summed E-state index contributed by atoms with van der Waals surface area (Å²) in [5.41, 5.74) is 3.44. The second-order valence-electron chi connectivity index (χ2n) is 7.51. The first-order valence-corrected chi connectivity index (χ1v) is 10.6. The standard InChI is InChI=1S/C26H25FN2O3/c1-2-32-24-13-6-3-9-19(24)15-28-16-22-21-11-4-5-12-23(21)29(25(22)26(30)31)17-18-8-7-10-20(27)14-18/h3-14,28H,2,15-17H2,1H3,(H,30,31). The fraction of sp³-hybridized carbons (Fsp3) is 0.192. The van der Waals surface area contributed by atoms with Crippen molar-refractivity contribution in [3.05, 3.63) is 101 Å². The Morgan fingerprint density at radius 2 is 1.81 bits per heavy atom. The van der Waals surface area contributed by atoms with Crippen molar-refractivity contribution in [3.8, 4) is 5.75 Å². The molecule has 2 N–H and O–H groups in total. The molecule has 4 rings (SSSR count). The zero-order valence-corrected chi connectivity index (χ0v) is 17.8. The van der Waals surface area contributed by atoms with Gasteiger partial charge in [0.05, 0.1) is 6.61 Å². The molecule has 0 spiro atoms. The number of carboxylic acid groups (broad SMARTS) is 1. The molecular weight excluding hydrogens is 407 g/mol. The average molecular weight is 432 g/mol. The van der Waals surface area contributed by atoms with Crippen molar-refractivity contribution in [3.63, 3.8) is 0 Å². The molecule has 1 aromatic heterocycles. The molecule has 1 heterocycles. The molecule has 0 aliphatic heterocycles. The van der Waals surface area contributed by atoms with Gasteiger partial charge in [0.1, 0.15) is 17.3 Å². The molecule has 4 aromatic rings. The number of aromatic nitrogens is 1. The summed E-state index contributed by atoms with van der Waals surface area (Å²) in [6, 6.07) is 21.6. The van der Waals surface area contributed by atoms with Crippen LogP contribution in [0.4, 0.5) is 4.39 Å². The van der Waals surface area contributed by atoms with Crippen LogP contribution in [-0.2, 0) is 19.6 Å². The topological polar surface area (TPSA) is 63.5 Å². The van der Waals surface area contributed by atoms with Gasteiger partial charge in [-0.3, -0.25) is 0 Å². The molecule has 164 valence electrons. The zero-order valence-electron chi connectivity index (χ0n) is 17.8. The molecular formula is C26H25FN2O3. The molecule has 0 bridgehead atoms.